The number of rotatable bonds is 22. The second-order valence-corrected chi connectivity index (χ2v) is 23.3. The number of anilines is 1. The first-order valence-corrected chi connectivity index (χ1v) is 27.7. The Morgan fingerprint density at radius 1 is 0.725 bits per heavy atom. The molecule has 69 heavy (non-hydrogen) atoms. The maximum absolute atomic E-state index is 12.7. The number of carboxylic acids is 1. The zero-order chi connectivity index (χ0) is 50.9. The van der Waals surface area contributed by atoms with Crippen LogP contribution in [0.5, 0.6) is 0 Å². The second kappa shape index (κ2) is 20.5. The molecule has 0 radical (unpaired) electrons. The van der Waals surface area contributed by atoms with Gasteiger partial charge in [0.2, 0.25) is 5.69 Å². The lowest BCUT2D eigenvalue weighted by atomic mass is 9.75. The van der Waals surface area contributed by atoms with Gasteiger partial charge in [0.1, 0.15) is 36.9 Å². The van der Waals surface area contributed by atoms with Crippen LogP contribution in [-0.4, -0.2) is 120 Å². The summed E-state index contributed by atoms with van der Waals surface area (Å²) in [5.74, 6) is -1.67. The van der Waals surface area contributed by atoms with E-state index in [2.05, 4.69) is 4.58 Å². The van der Waals surface area contributed by atoms with Crippen LogP contribution in [0.15, 0.2) is 99.3 Å². The Labute approximate surface area is 402 Å². The fourth-order valence-electron chi connectivity index (χ4n) is 9.74. The number of benzene rings is 4. The number of allylic oxidation sites excluding steroid dienone is 6. The predicted molar refractivity (Wildman–Crippen MR) is 253 cm³/mol. The van der Waals surface area contributed by atoms with Gasteiger partial charge in [-0.3, -0.25) is 4.79 Å². The molecule has 0 saturated carbocycles. The van der Waals surface area contributed by atoms with E-state index in [4.69, 9.17) is 9.47 Å². The Balaban J connectivity index is 1.50. The fraction of sp³-hybridized carbons (Fsp3) is 0.404. The molecule has 1 unspecified atom stereocenters. The molecule has 1 N–H and O–H groups in total. The van der Waals surface area contributed by atoms with E-state index in [1.165, 1.54) is 32.4 Å². The van der Waals surface area contributed by atoms with E-state index in [1.807, 2.05) is 30.9 Å². The van der Waals surface area contributed by atoms with Gasteiger partial charge in [-0.2, -0.15) is 4.58 Å². The maximum atomic E-state index is 12.7. The van der Waals surface area contributed by atoms with Gasteiger partial charge in [0.15, 0.2) is 5.71 Å². The molecule has 2 heterocycles. The lowest BCUT2D eigenvalue weighted by Crippen LogP contribution is -2.31. The predicted octanol–water partition coefficient (Wildman–Crippen LogP) is 5.66. The summed E-state index contributed by atoms with van der Waals surface area (Å²) in [5, 5.41) is 9.86. The first kappa shape index (κ1) is 53.5. The monoisotopic (exact) mass is 1030 g/mol. The Kier molecular flexibility index (Phi) is 15.9. The highest BCUT2D eigenvalue weighted by Gasteiger charge is 2.47. The van der Waals surface area contributed by atoms with Gasteiger partial charge in [-0.1, -0.05) is 30.4 Å². The zero-order valence-electron chi connectivity index (χ0n) is 38.6. The number of aliphatic carboxylic acids is 1. The van der Waals surface area contributed by atoms with Crippen molar-refractivity contribution in [3.63, 3.8) is 0 Å². The summed E-state index contributed by atoms with van der Waals surface area (Å²) in [6.45, 7) is 6.71. The number of carboxylic acid groups (broad SMARTS) is 1. The van der Waals surface area contributed by atoms with E-state index >= 15 is 0 Å². The standard InChI is InChI=1S/C47H56N2O16S4/c1-46(2)41(48(22-11-7-10-15-43(50)51)37-18-16-33-35(44(37)46)27-31(20-24-64-4)28-39(33)68(58,59)60)13-8-6-9-14-42-47(3,21-12-26-66(52,53)54)45-36-29-32(67(55,56)57)30-40(69(61,62)63)34(36)17-19-38(45)49(42)23-25-65-5/h6,8-9,13-14,16-19,27-30H,7,10-12,15,20-26H2,1-5H3,(H4-,50,51,52,53,54,55,56,57,58,59,60,61,62,63)/p-3. The Morgan fingerprint density at radius 2 is 1.36 bits per heavy atom. The maximum Gasteiger partial charge on any atom is 0.303 e. The molecule has 0 amide bonds. The van der Waals surface area contributed by atoms with Crippen molar-refractivity contribution in [2.24, 2.45) is 0 Å². The van der Waals surface area contributed by atoms with Crippen molar-refractivity contribution in [1.82, 2.24) is 0 Å². The van der Waals surface area contributed by atoms with Crippen LogP contribution in [0.25, 0.3) is 21.5 Å². The van der Waals surface area contributed by atoms with Crippen LogP contribution in [-0.2, 0) is 72.0 Å². The number of hydrogen-bond acceptors (Lipinski definition) is 16. The Morgan fingerprint density at radius 3 is 1.97 bits per heavy atom. The van der Waals surface area contributed by atoms with Gasteiger partial charge in [0.25, 0.3) is 0 Å². The third-order valence-electron chi connectivity index (χ3n) is 12.7. The van der Waals surface area contributed by atoms with E-state index in [1.54, 1.807) is 43.4 Å². The number of hydrogen-bond donors (Lipinski definition) is 1. The van der Waals surface area contributed by atoms with Crippen molar-refractivity contribution in [3.8, 4) is 0 Å². The van der Waals surface area contributed by atoms with Crippen LogP contribution in [0.2, 0.25) is 0 Å². The Bertz CT molecular complexity index is 3290. The first-order valence-electron chi connectivity index (χ1n) is 21.9. The molecular weight excluding hydrogens is 977 g/mol. The minimum absolute atomic E-state index is 0.00729. The van der Waals surface area contributed by atoms with Crippen LogP contribution >= 0.6 is 0 Å². The largest absolute Gasteiger partial charge is 0.748 e. The van der Waals surface area contributed by atoms with E-state index in [-0.39, 0.29) is 65.6 Å². The summed E-state index contributed by atoms with van der Waals surface area (Å²) in [5.41, 5.74) is 2.07. The van der Waals surface area contributed by atoms with Crippen molar-refractivity contribution in [3.05, 3.63) is 101 Å². The van der Waals surface area contributed by atoms with Gasteiger partial charge in [-0.25, -0.2) is 33.7 Å². The normalized spacial score (nSPS) is 18.2. The van der Waals surface area contributed by atoms with Gasteiger partial charge >= 0.3 is 5.97 Å². The lowest BCUT2D eigenvalue weighted by molar-refractivity contribution is -0.438. The molecule has 22 heteroatoms. The minimum Gasteiger partial charge on any atom is -0.748 e. The molecule has 0 spiro atoms. The molecule has 0 saturated heterocycles. The highest BCUT2D eigenvalue weighted by atomic mass is 32.2. The summed E-state index contributed by atoms with van der Waals surface area (Å²) >= 11 is 0. The summed E-state index contributed by atoms with van der Waals surface area (Å²) in [4.78, 5) is 10.8. The number of nitrogens with zero attached hydrogens (tertiary/aromatic N) is 2. The van der Waals surface area contributed by atoms with Crippen LogP contribution in [0.4, 0.5) is 11.4 Å². The molecule has 374 valence electrons. The lowest BCUT2D eigenvalue weighted by Gasteiger charge is -2.31. The van der Waals surface area contributed by atoms with Gasteiger partial charge in [0.05, 0.1) is 43.4 Å². The number of ether oxygens (including phenoxy) is 2. The molecule has 4 aromatic carbocycles. The minimum atomic E-state index is -5.35. The highest BCUT2D eigenvalue weighted by molar-refractivity contribution is 7.87. The molecule has 4 aromatic rings. The second-order valence-electron chi connectivity index (χ2n) is 17.7. The topological polar surface area (TPSA) is 291 Å². The number of unbranched alkanes of at least 4 members (excludes halogenated alkanes) is 2. The molecule has 0 bridgehead atoms. The van der Waals surface area contributed by atoms with E-state index in [9.17, 15) is 61.8 Å². The van der Waals surface area contributed by atoms with Gasteiger partial charge in [-0.15, -0.1) is 0 Å². The third-order valence-corrected chi connectivity index (χ3v) is 16.1. The number of fused-ring (bicyclic) bond motifs is 6. The molecule has 2 aliphatic heterocycles. The van der Waals surface area contributed by atoms with E-state index < -0.39 is 72.8 Å². The molecule has 18 nitrogen and oxygen atoms in total. The smallest absolute Gasteiger partial charge is 0.303 e. The summed E-state index contributed by atoms with van der Waals surface area (Å²) in [6, 6.07) is 11.0. The quantitative estimate of drug-likeness (QED) is 0.0430. The van der Waals surface area contributed by atoms with Crippen molar-refractivity contribution < 1.29 is 75.8 Å². The number of carbonyl (C=O) groups is 1. The summed E-state index contributed by atoms with van der Waals surface area (Å²) in [7, 11) is -17.3. The number of methoxy groups -OCH3 is 2. The zero-order valence-corrected chi connectivity index (χ0v) is 41.9. The molecular formula is C47H53N2O16S4-3. The first-order chi connectivity index (χ1) is 32.1. The summed E-state index contributed by atoms with van der Waals surface area (Å²) in [6.07, 6.45) is 10.6. The Hall–Kier alpha value is -4.88. The molecule has 2 aliphatic rings. The molecule has 6 rings (SSSR count). The molecule has 0 aliphatic carbocycles. The molecule has 1 atom stereocenters. The van der Waals surface area contributed by atoms with Crippen molar-refractivity contribution >= 4 is 85.1 Å². The van der Waals surface area contributed by atoms with Crippen LogP contribution < -0.4 is 4.90 Å². The van der Waals surface area contributed by atoms with Gasteiger partial charge in [-0.05, 0) is 122 Å². The van der Waals surface area contributed by atoms with Crippen molar-refractivity contribution in [2.45, 2.75) is 91.2 Å². The average Bonchev–Trinajstić information content (AvgIpc) is 3.61. The van der Waals surface area contributed by atoms with E-state index in [0.717, 1.165) is 23.0 Å². The SMILES string of the molecule is COCCc1cc(S(=O)(=O)[O-])c2ccc3c(c2c1)C(C)(C)C(C=CC=CC=C1N(CCOC)c2ccc4c(S(=O)(=O)[O-])cc(S(=O)(=O)[O-])cc4c2C1(C)CCCS(=O)(=O)[O-])=[N+]3CCCCCC(=O)O. The molecule has 0 fully saturated rings. The van der Waals surface area contributed by atoms with Crippen molar-refractivity contribution in [1.29, 1.82) is 0 Å². The highest BCUT2D eigenvalue weighted by Crippen LogP contribution is 2.54. The van der Waals surface area contributed by atoms with E-state index in [0.29, 0.717) is 60.6 Å². The summed E-state index contributed by atoms with van der Waals surface area (Å²) < 4.78 is 161. The van der Waals surface area contributed by atoms with Crippen LogP contribution in [0.3, 0.4) is 0 Å². The average molecular weight is 1030 g/mol. The third kappa shape index (κ3) is 11.5. The molecule has 0 aromatic heterocycles. The van der Waals surface area contributed by atoms with Crippen LogP contribution in [0.1, 0.15) is 76.0 Å². The van der Waals surface area contributed by atoms with Crippen LogP contribution in [0, 0.1) is 0 Å². The van der Waals surface area contributed by atoms with Gasteiger partial charge < -0.3 is 37.7 Å². The van der Waals surface area contributed by atoms with Gasteiger partial charge in [0, 0.05) is 73.9 Å². The fourth-order valence-corrected chi connectivity index (χ4v) is 12.3. The van der Waals surface area contributed by atoms with Crippen molar-refractivity contribution in [2.75, 3.05) is 51.2 Å².